The molecule has 0 aliphatic carbocycles. The van der Waals surface area contributed by atoms with E-state index in [9.17, 15) is 8.60 Å². The Kier molecular flexibility index (Phi) is 2.76. The zero-order valence-electron chi connectivity index (χ0n) is 6.21. The van der Waals surface area contributed by atoms with E-state index in [2.05, 4.69) is 0 Å². The fraction of sp³-hybridized carbons (Fsp3) is 0.250. The third-order valence-electron chi connectivity index (χ3n) is 1.34. The van der Waals surface area contributed by atoms with E-state index in [1.54, 1.807) is 12.1 Å². The van der Waals surface area contributed by atoms with Gasteiger partial charge in [-0.1, -0.05) is 6.92 Å². The molecule has 0 aromatic heterocycles. The van der Waals surface area contributed by atoms with E-state index in [4.69, 9.17) is 0 Å². The molecule has 0 fully saturated rings. The summed E-state index contributed by atoms with van der Waals surface area (Å²) >= 11 is 0. The van der Waals surface area contributed by atoms with E-state index in [1.165, 1.54) is 12.1 Å². The van der Waals surface area contributed by atoms with Gasteiger partial charge in [-0.15, -0.1) is 0 Å². The van der Waals surface area contributed by atoms with E-state index in [-0.39, 0.29) is 5.82 Å². The largest absolute Gasteiger partial charge is 0.254 e. The summed E-state index contributed by atoms with van der Waals surface area (Å²) in [5, 5.41) is 0. The smallest absolute Gasteiger partial charge is 0.123 e. The molecule has 3 heteroatoms. The van der Waals surface area contributed by atoms with Gasteiger partial charge >= 0.3 is 0 Å². The molecule has 11 heavy (non-hydrogen) atoms. The number of halogens is 1. The minimum Gasteiger partial charge on any atom is -0.254 e. The first-order valence-corrected chi connectivity index (χ1v) is 4.70. The molecule has 0 aliphatic heterocycles. The quantitative estimate of drug-likeness (QED) is 0.666. The molecular formula is C8H9FOS. The van der Waals surface area contributed by atoms with Crippen molar-refractivity contribution in [3.8, 4) is 0 Å². The summed E-state index contributed by atoms with van der Waals surface area (Å²) in [7, 11) is -0.965. The molecule has 1 rings (SSSR count). The molecule has 0 N–H and O–H groups in total. The van der Waals surface area contributed by atoms with E-state index in [1.807, 2.05) is 6.92 Å². The highest BCUT2D eigenvalue weighted by atomic mass is 32.2. The van der Waals surface area contributed by atoms with E-state index < -0.39 is 10.8 Å². The Morgan fingerprint density at radius 1 is 1.36 bits per heavy atom. The highest BCUT2D eigenvalue weighted by Gasteiger charge is 1.99. The van der Waals surface area contributed by atoms with Crippen molar-refractivity contribution in [1.29, 1.82) is 0 Å². The highest BCUT2D eigenvalue weighted by Crippen LogP contribution is 2.07. The Morgan fingerprint density at radius 2 is 1.91 bits per heavy atom. The van der Waals surface area contributed by atoms with Crippen LogP contribution in [-0.2, 0) is 10.8 Å². The van der Waals surface area contributed by atoms with Crippen LogP contribution in [0.15, 0.2) is 29.2 Å². The number of hydrogen-bond acceptors (Lipinski definition) is 1. The van der Waals surface area contributed by atoms with Crippen molar-refractivity contribution < 1.29 is 8.60 Å². The molecule has 0 radical (unpaired) electrons. The maximum absolute atomic E-state index is 12.4. The van der Waals surface area contributed by atoms with Gasteiger partial charge in [-0.2, -0.15) is 0 Å². The highest BCUT2D eigenvalue weighted by molar-refractivity contribution is 7.85. The molecule has 0 saturated heterocycles. The summed E-state index contributed by atoms with van der Waals surface area (Å²) in [5.41, 5.74) is 0. The molecule has 1 aromatic rings. The van der Waals surface area contributed by atoms with Crippen LogP contribution >= 0.6 is 0 Å². The summed E-state index contributed by atoms with van der Waals surface area (Å²) < 4.78 is 23.5. The molecule has 0 amide bonds. The van der Waals surface area contributed by atoms with Crippen molar-refractivity contribution in [1.82, 2.24) is 0 Å². The van der Waals surface area contributed by atoms with Gasteiger partial charge < -0.3 is 0 Å². The molecule has 1 atom stereocenters. The van der Waals surface area contributed by atoms with Crippen LogP contribution < -0.4 is 0 Å². The predicted molar refractivity (Wildman–Crippen MR) is 43.3 cm³/mol. The second kappa shape index (κ2) is 3.62. The van der Waals surface area contributed by atoms with Crippen molar-refractivity contribution in [2.24, 2.45) is 0 Å². The number of hydrogen-bond donors (Lipinski definition) is 0. The molecular weight excluding hydrogens is 163 g/mol. The fourth-order valence-corrected chi connectivity index (χ4v) is 1.53. The second-order valence-electron chi connectivity index (χ2n) is 2.09. The summed E-state index contributed by atoms with van der Waals surface area (Å²) in [5.74, 6) is 0.285. The zero-order valence-corrected chi connectivity index (χ0v) is 7.03. The predicted octanol–water partition coefficient (Wildman–Crippen LogP) is 1.95. The Morgan fingerprint density at radius 3 is 2.36 bits per heavy atom. The Hall–Kier alpha value is -0.700. The van der Waals surface area contributed by atoms with Crippen molar-refractivity contribution in [3.05, 3.63) is 30.1 Å². The summed E-state index contributed by atoms with van der Waals surface area (Å²) in [6.07, 6.45) is 0. The Bertz CT molecular complexity index is 255. The molecule has 0 spiro atoms. The maximum atomic E-state index is 12.4. The second-order valence-corrected chi connectivity index (χ2v) is 3.83. The minimum atomic E-state index is -0.965. The first-order valence-electron chi connectivity index (χ1n) is 3.38. The van der Waals surface area contributed by atoms with Crippen LogP contribution in [0.25, 0.3) is 0 Å². The van der Waals surface area contributed by atoms with Crippen LogP contribution in [0.4, 0.5) is 4.39 Å². The van der Waals surface area contributed by atoms with Crippen molar-refractivity contribution in [2.75, 3.05) is 5.75 Å². The van der Waals surface area contributed by atoms with Gasteiger partial charge in [0.2, 0.25) is 0 Å². The van der Waals surface area contributed by atoms with E-state index >= 15 is 0 Å². The third kappa shape index (κ3) is 2.12. The first-order chi connectivity index (χ1) is 5.24. The molecule has 0 heterocycles. The molecule has 0 bridgehead atoms. The van der Waals surface area contributed by atoms with Crippen molar-refractivity contribution in [2.45, 2.75) is 11.8 Å². The summed E-state index contributed by atoms with van der Waals surface area (Å²) in [4.78, 5) is 0.689. The SMILES string of the molecule is CC[S@@](=O)c1ccc(F)cc1. The van der Waals surface area contributed by atoms with Gasteiger partial charge in [-0.25, -0.2) is 4.39 Å². The first kappa shape index (κ1) is 8.40. The fourth-order valence-electron chi connectivity index (χ4n) is 0.753. The lowest BCUT2D eigenvalue weighted by atomic mass is 10.4. The third-order valence-corrected chi connectivity index (χ3v) is 2.66. The Balaban J connectivity index is 2.90. The lowest BCUT2D eigenvalue weighted by Crippen LogP contribution is -1.93. The van der Waals surface area contributed by atoms with E-state index in [0.29, 0.717) is 10.6 Å². The van der Waals surface area contributed by atoms with Gasteiger partial charge in [0.05, 0.1) is 10.8 Å². The van der Waals surface area contributed by atoms with Crippen LogP contribution in [-0.4, -0.2) is 9.96 Å². The van der Waals surface area contributed by atoms with Crippen molar-refractivity contribution >= 4 is 10.8 Å². The molecule has 0 aliphatic rings. The van der Waals surface area contributed by atoms with Gasteiger partial charge in [0, 0.05) is 10.6 Å². The van der Waals surface area contributed by atoms with Crippen LogP contribution in [0.2, 0.25) is 0 Å². The van der Waals surface area contributed by atoms with Crippen LogP contribution in [0, 0.1) is 5.82 Å². The number of benzene rings is 1. The number of rotatable bonds is 2. The topological polar surface area (TPSA) is 17.1 Å². The molecule has 0 saturated carbocycles. The summed E-state index contributed by atoms with van der Waals surface area (Å²) in [6.45, 7) is 1.83. The maximum Gasteiger partial charge on any atom is 0.123 e. The minimum absolute atomic E-state index is 0.290. The van der Waals surface area contributed by atoms with Crippen LogP contribution in [0.3, 0.4) is 0 Å². The summed E-state index contributed by atoms with van der Waals surface area (Å²) in [6, 6.07) is 5.75. The average molecular weight is 172 g/mol. The van der Waals surface area contributed by atoms with Crippen LogP contribution in [0.5, 0.6) is 0 Å². The average Bonchev–Trinajstić information content (AvgIpc) is 2.05. The lowest BCUT2D eigenvalue weighted by molar-refractivity contribution is 0.626. The van der Waals surface area contributed by atoms with E-state index in [0.717, 1.165) is 0 Å². The van der Waals surface area contributed by atoms with Crippen molar-refractivity contribution in [3.63, 3.8) is 0 Å². The van der Waals surface area contributed by atoms with Gasteiger partial charge in [0.1, 0.15) is 5.82 Å². The van der Waals surface area contributed by atoms with Gasteiger partial charge in [-0.3, -0.25) is 4.21 Å². The van der Waals surface area contributed by atoms with Gasteiger partial charge in [0.25, 0.3) is 0 Å². The molecule has 1 aromatic carbocycles. The normalized spacial score (nSPS) is 12.9. The monoisotopic (exact) mass is 172 g/mol. The standard InChI is InChI=1S/C8H9FOS/c1-2-11(10)8-5-3-7(9)4-6-8/h3-6H,2H2,1H3/t11-/m1/s1. The molecule has 60 valence electrons. The zero-order chi connectivity index (χ0) is 8.27. The Labute approximate surface area is 67.7 Å². The molecule has 1 nitrogen and oxygen atoms in total. The van der Waals surface area contributed by atoms with Crippen LogP contribution in [0.1, 0.15) is 6.92 Å². The van der Waals surface area contributed by atoms with Gasteiger partial charge in [-0.05, 0) is 24.3 Å². The van der Waals surface area contributed by atoms with Gasteiger partial charge in [0.15, 0.2) is 0 Å². The molecule has 0 unspecified atom stereocenters. The lowest BCUT2D eigenvalue weighted by Gasteiger charge is -1.96.